The van der Waals surface area contributed by atoms with Crippen LogP contribution in [0.1, 0.15) is 37.4 Å². The number of ether oxygens (including phenoxy) is 1. The summed E-state index contributed by atoms with van der Waals surface area (Å²) < 4.78 is 34.1. The predicted octanol–water partition coefficient (Wildman–Crippen LogP) is 3.98. The van der Waals surface area contributed by atoms with Crippen molar-refractivity contribution in [2.75, 3.05) is 7.05 Å². The number of carbonyl (C=O) groups excluding carboxylic acids is 2. The number of aryl methyl sites for hydroxylation is 1. The molecule has 1 aromatic heterocycles. The van der Waals surface area contributed by atoms with Crippen LogP contribution >= 0.6 is 0 Å². The maximum atomic E-state index is 14.3. The third-order valence-electron chi connectivity index (χ3n) is 5.04. The summed E-state index contributed by atoms with van der Waals surface area (Å²) in [6.07, 6.45) is 1.49. The molecule has 1 aliphatic rings. The zero-order valence-corrected chi connectivity index (χ0v) is 16.9. The van der Waals surface area contributed by atoms with Crippen molar-refractivity contribution >= 4 is 11.8 Å². The highest BCUT2D eigenvalue weighted by atomic mass is 19.1. The van der Waals surface area contributed by atoms with E-state index in [-0.39, 0.29) is 41.8 Å². The smallest absolute Gasteiger partial charge is 0.260 e. The summed E-state index contributed by atoms with van der Waals surface area (Å²) in [5.41, 5.74) is 2.15. The molecule has 0 saturated carbocycles. The fourth-order valence-electron chi connectivity index (χ4n) is 3.47. The minimum absolute atomic E-state index is 0.0221. The van der Waals surface area contributed by atoms with Gasteiger partial charge in [0.25, 0.3) is 11.8 Å². The molecule has 0 bridgehead atoms. The molecular weight excluding hydrogens is 404 g/mol. The van der Waals surface area contributed by atoms with Gasteiger partial charge in [-0.1, -0.05) is 12.1 Å². The van der Waals surface area contributed by atoms with Gasteiger partial charge in [0.1, 0.15) is 11.4 Å². The summed E-state index contributed by atoms with van der Waals surface area (Å²) in [5.74, 6) is -2.08. The van der Waals surface area contributed by atoms with E-state index in [0.29, 0.717) is 11.1 Å². The number of rotatable bonds is 5. The zero-order chi connectivity index (χ0) is 22.1. The van der Waals surface area contributed by atoms with E-state index in [1.54, 1.807) is 25.1 Å². The second kappa shape index (κ2) is 8.14. The number of aromatic nitrogens is 1. The Bertz CT molecular complexity index is 1200. The molecule has 0 spiro atoms. The second-order valence-corrected chi connectivity index (χ2v) is 7.24. The molecule has 158 valence electrons. The lowest BCUT2D eigenvalue weighted by Crippen LogP contribution is -2.24. The van der Waals surface area contributed by atoms with E-state index in [0.717, 1.165) is 5.56 Å². The normalized spacial score (nSPS) is 12.6. The van der Waals surface area contributed by atoms with E-state index in [2.05, 4.69) is 10.3 Å². The van der Waals surface area contributed by atoms with Crippen molar-refractivity contribution in [3.63, 3.8) is 0 Å². The minimum Gasteiger partial charge on any atom is -0.435 e. The van der Waals surface area contributed by atoms with Crippen LogP contribution in [-0.2, 0) is 13.1 Å². The lowest BCUT2D eigenvalue weighted by molar-refractivity contribution is 0.0763. The first-order valence-corrected chi connectivity index (χ1v) is 9.59. The van der Waals surface area contributed by atoms with Crippen molar-refractivity contribution in [2.24, 2.45) is 0 Å². The molecule has 2 amide bonds. The van der Waals surface area contributed by atoms with E-state index in [4.69, 9.17) is 4.74 Å². The highest BCUT2D eigenvalue weighted by Gasteiger charge is 2.32. The standard InChI is InChI=1S/C23H19F2N3O3/c1-13-3-6-19(18(25)9-13)31-22-20-15(7-8-27-22)12-28(23(20)30)11-14-4-5-16(17(24)10-14)21(29)26-2/h3-10H,11-12H2,1-2H3,(H,26,29). The van der Waals surface area contributed by atoms with Gasteiger partial charge in [-0.3, -0.25) is 9.59 Å². The van der Waals surface area contributed by atoms with Gasteiger partial charge < -0.3 is 15.0 Å². The molecule has 0 saturated heterocycles. The summed E-state index contributed by atoms with van der Waals surface area (Å²) in [6, 6.07) is 10.4. The Balaban J connectivity index is 1.57. The van der Waals surface area contributed by atoms with E-state index >= 15 is 0 Å². The third-order valence-corrected chi connectivity index (χ3v) is 5.04. The molecule has 31 heavy (non-hydrogen) atoms. The summed E-state index contributed by atoms with van der Waals surface area (Å²) in [6.45, 7) is 2.18. The fourth-order valence-corrected chi connectivity index (χ4v) is 3.47. The molecule has 0 unspecified atom stereocenters. The number of amides is 2. The van der Waals surface area contributed by atoms with Crippen LogP contribution in [0.25, 0.3) is 0 Å². The van der Waals surface area contributed by atoms with Gasteiger partial charge in [0.2, 0.25) is 5.88 Å². The fraction of sp³-hybridized carbons (Fsp3) is 0.174. The number of hydrogen-bond acceptors (Lipinski definition) is 4. The van der Waals surface area contributed by atoms with Gasteiger partial charge >= 0.3 is 0 Å². The monoisotopic (exact) mass is 423 g/mol. The molecule has 8 heteroatoms. The van der Waals surface area contributed by atoms with Gasteiger partial charge in [-0.05, 0) is 53.9 Å². The summed E-state index contributed by atoms with van der Waals surface area (Å²) >= 11 is 0. The predicted molar refractivity (Wildman–Crippen MR) is 109 cm³/mol. The van der Waals surface area contributed by atoms with Crippen molar-refractivity contribution < 1.29 is 23.1 Å². The van der Waals surface area contributed by atoms with Gasteiger partial charge in [-0.25, -0.2) is 13.8 Å². The van der Waals surface area contributed by atoms with Crippen LogP contribution in [0.4, 0.5) is 8.78 Å². The molecule has 0 atom stereocenters. The lowest BCUT2D eigenvalue weighted by Gasteiger charge is -2.16. The Morgan fingerprint density at radius 1 is 1.16 bits per heavy atom. The lowest BCUT2D eigenvalue weighted by atomic mass is 10.1. The Hall–Kier alpha value is -3.81. The Labute approximate surface area is 177 Å². The SMILES string of the molecule is CNC(=O)c1ccc(CN2Cc3ccnc(Oc4ccc(C)cc4F)c3C2=O)cc1F. The molecule has 0 aliphatic carbocycles. The van der Waals surface area contributed by atoms with Crippen LogP contribution in [-0.4, -0.2) is 28.7 Å². The molecule has 1 aliphatic heterocycles. The Kier molecular flexibility index (Phi) is 5.37. The highest BCUT2D eigenvalue weighted by Crippen LogP contribution is 2.33. The third kappa shape index (κ3) is 3.96. The summed E-state index contributed by atoms with van der Waals surface area (Å²) in [5, 5.41) is 2.38. The molecule has 3 aromatic rings. The van der Waals surface area contributed by atoms with Gasteiger partial charge in [-0.15, -0.1) is 0 Å². The van der Waals surface area contributed by atoms with Crippen molar-refractivity contribution in [3.05, 3.63) is 88.1 Å². The minimum atomic E-state index is -0.665. The van der Waals surface area contributed by atoms with E-state index in [1.165, 1.54) is 42.4 Å². The van der Waals surface area contributed by atoms with E-state index < -0.39 is 17.5 Å². The van der Waals surface area contributed by atoms with Crippen LogP contribution in [0.15, 0.2) is 48.7 Å². The molecule has 0 fully saturated rings. The maximum Gasteiger partial charge on any atom is 0.260 e. The number of fused-ring (bicyclic) bond motifs is 1. The molecule has 0 radical (unpaired) electrons. The van der Waals surface area contributed by atoms with Crippen LogP contribution in [0.3, 0.4) is 0 Å². The molecule has 1 N–H and O–H groups in total. The number of nitrogens with one attached hydrogen (secondary N) is 1. The Morgan fingerprint density at radius 2 is 1.97 bits per heavy atom. The second-order valence-electron chi connectivity index (χ2n) is 7.24. The average Bonchev–Trinajstić information content (AvgIpc) is 3.06. The van der Waals surface area contributed by atoms with Crippen molar-refractivity contribution in [1.29, 1.82) is 0 Å². The van der Waals surface area contributed by atoms with E-state index in [1.807, 2.05) is 0 Å². The van der Waals surface area contributed by atoms with Crippen LogP contribution < -0.4 is 10.1 Å². The molecular formula is C23H19F2N3O3. The topological polar surface area (TPSA) is 71.5 Å². The van der Waals surface area contributed by atoms with Gasteiger partial charge in [0, 0.05) is 26.3 Å². The first-order chi connectivity index (χ1) is 14.9. The molecule has 2 heterocycles. The van der Waals surface area contributed by atoms with Gasteiger partial charge in [-0.2, -0.15) is 0 Å². The Morgan fingerprint density at radius 3 is 2.68 bits per heavy atom. The first kappa shape index (κ1) is 20.5. The number of nitrogens with zero attached hydrogens (tertiary/aromatic N) is 2. The van der Waals surface area contributed by atoms with Crippen molar-refractivity contribution in [3.8, 4) is 11.6 Å². The van der Waals surface area contributed by atoms with Gasteiger partial charge in [0.15, 0.2) is 11.6 Å². The molecule has 4 rings (SSSR count). The number of pyridine rings is 1. The number of halogens is 2. The van der Waals surface area contributed by atoms with Gasteiger partial charge in [0.05, 0.1) is 5.56 Å². The summed E-state index contributed by atoms with van der Waals surface area (Å²) in [4.78, 5) is 30.3. The maximum absolute atomic E-state index is 14.3. The number of carbonyl (C=O) groups is 2. The summed E-state index contributed by atoms with van der Waals surface area (Å²) in [7, 11) is 1.42. The largest absolute Gasteiger partial charge is 0.435 e. The number of hydrogen-bond donors (Lipinski definition) is 1. The highest BCUT2D eigenvalue weighted by molar-refractivity contribution is 6.00. The molecule has 6 nitrogen and oxygen atoms in total. The first-order valence-electron chi connectivity index (χ1n) is 9.59. The molecule has 2 aromatic carbocycles. The van der Waals surface area contributed by atoms with Crippen LogP contribution in [0.5, 0.6) is 11.6 Å². The quantitative estimate of drug-likeness (QED) is 0.674. The van der Waals surface area contributed by atoms with Crippen LogP contribution in [0, 0.1) is 18.6 Å². The van der Waals surface area contributed by atoms with E-state index in [9.17, 15) is 18.4 Å². The van der Waals surface area contributed by atoms with Crippen molar-refractivity contribution in [2.45, 2.75) is 20.0 Å². The van der Waals surface area contributed by atoms with Crippen molar-refractivity contribution in [1.82, 2.24) is 15.2 Å². The number of benzene rings is 2. The van der Waals surface area contributed by atoms with Crippen LogP contribution in [0.2, 0.25) is 0 Å². The zero-order valence-electron chi connectivity index (χ0n) is 16.9. The average molecular weight is 423 g/mol.